The van der Waals surface area contributed by atoms with Crippen LogP contribution in [0.25, 0.3) is 0 Å². The molecule has 0 aliphatic carbocycles. The molecule has 0 heterocycles. The van der Waals surface area contributed by atoms with Crippen LogP contribution < -0.4 is 14.4 Å². The minimum absolute atomic E-state index is 0.142. The van der Waals surface area contributed by atoms with Gasteiger partial charge in [0.2, 0.25) is 5.91 Å². The average molecular weight is 513 g/mol. The van der Waals surface area contributed by atoms with Crippen molar-refractivity contribution in [2.75, 3.05) is 39.8 Å². The first-order valence-corrected chi connectivity index (χ1v) is 11.7. The van der Waals surface area contributed by atoms with E-state index in [2.05, 4.69) is 6.58 Å². The number of halogens is 3. The molecule has 8 heteroatoms. The lowest BCUT2D eigenvalue weighted by molar-refractivity contribution is -0.137. The van der Waals surface area contributed by atoms with Crippen LogP contribution in [0.5, 0.6) is 11.5 Å². The molecule has 0 spiro atoms. The number of alkyl halides is 3. The number of benzene rings is 3. The van der Waals surface area contributed by atoms with Crippen LogP contribution in [0.2, 0.25) is 0 Å². The molecule has 0 bridgehead atoms. The molecule has 3 aromatic carbocycles. The summed E-state index contributed by atoms with van der Waals surface area (Å²) in [5.74, 6) is 0.235. The van der Waals surface area contributed by atoms with E-state index in [9.17, 15) is 18.0 Å². The summed E-state index contributed by atoms with van der Waals surface area (Å²) in [6.45, 7) is 4.69. The topological polar surface area (TPSA) is 42.0 Å². The van der Waals surface area contributed by atoms with Gasteiger partial charge in [-0.05, 0) is 41.8 Å². The largest absolute Gasteiger partial charge is 0.493 e. The van der Waals surface area contributed by atoms with Crippen LogP contribution in [-0.4, -0.2) is 45.7 Å². The highest BCUT2D eigenvalue weighted by atomic mass is 19.4. The van der Waals surface area contributed by atoms with Gasteiger partial charge in [-0.15, -0.1) is 0 Å². The van der Waals surface area contributed by atoms with Gasteiger partial charge in [0.05, 0.1) is 19.8 Å². The lowest BCUT2D eigenvalue weighted by atomic mass is 9.93. The zero-order valence-electron chi connectivity index (χ0n) is 21.4. The first-order chi connectivity index (χ1) is 17.6. The molecule has 196 valence electrons. The molecule has 0 aromatic heterocycles. The summed E-state index contributed by atoms with van der Waals surface area (Å²) in [6, 6.07) is 19.8. The van der Waals surface area contributed by atoms with Crippen molar-refractivity contribution in [2.24, 2.45) is 0 Å². The van der Waals surface area contributed by atoms with E-state index < -0.39 is 17.7 Å². The molecule has 3 aromatic rings. The number of rotatable bonds is 10. The van der Waals surface area contributed by atoms with Gasteiger partial charge in [-0.3, -0.25) is 4.79 Å². The molecular formula is C29H31F3N2O3. The minimum Gasteiger partial charge on any atom is -0.493 e. The number of hydrogen-bond acceptors (Lipinski definition) is 4. The van der Waals surface area contributed by atoms with Gasteiger partial charge in [0.15, 0.2) is 11.5 Å². The zero-order chi connectivity index (χ0) is 27.2. The highest BCUT2D eigenvalue weighted by Crippen LogP contribution is 2.36. The van der Waals surface area contributed by atoms with Crippen molar-refractivity contribution in [1.82, 2.24) is 4.90 Å². The Balaban J connectivity index is 2.01. The molecule has 0 N–H and O–H groups in total. The molecule has 1 unspecified atom stereocenters. The molecule has 3 rings (SSSR count). The lowest BCUT2D eigenvalue weighted by Crippen LogP contribution is -2.36. The average Bonchev–Trinajstić information content (AvgIpc) is 2.89. The maximum atomic E-state index is 13.3. The molecule has 0 fully saturated rings. The Morgan fingerprint density at radius 2 is 1.54 bits per heavy atom. The fourth-order valence-corrected chi connectivity index (χ4v) is 4.07. The van der Waals surface area contributed by atoms with Gasteiger partial charge >= 0.3 is 6.18 Å². The van der Waals surface area contributed by atoms with Gasteiger partial charge in [-0.2, -0.15) is 13.2 Å². The quantitative estimate of drug-likeness (QED) is 0.327. The molecule has 1 atom stereocenters. The number of hydrogen-bond donors (Lipinski definition) is 0. The van der Waals surface area contributed by atoms with E-state index in [0.29, 0.717) is 35.8 Å². The van der Waals surface area contributed by atoms with Crippen molar-refractivity contribution >= 4 is 11.6 Å². The van der Waals surface area contributed by atoms with E-state index >= 15 is 0 Å². The monoisotopic (exact) mass is 512 g/mol. The molecule has 0 radical (unpaired) electrons. The Hall–Kier alpha value is -3.94. The van der Waals surface area contributed by atoms with Crippen molar-refractivity contribution in [3.8, 4) is 11.5 Å². The van der Waals surface area contributed by atoms with Crippen molar-refractivity contribution in [3.05, 3.63) is 102 Å². The van der Waals surface area contributed by atoms with E-state index in [4.69, 9.17) is 9.47 Å². The van der Waals surface area contributed by atoms with Gasteiger partial charge < -0.3 is 19.3 Å². The minimum atomic E-state index is -4.39. The van der Waals surface area contributed by atoms with Crippen LogP contribution in [0.4, 0.5) is 18.9 Å². The highest BCUT2D eigenvalue weighted by Gasteiger charge is 2.31. The van der Waals surface area contributed by atoms with Crippen LogP contribution in [0.15, 0.2) is 85.1 Å². The molecule has 37 heavy (non-hydrogen) atoms. The number of ether oxygens (including phenoxy) is 2. The number of carbonyl (C=O) groups excluding carboxylic acids is 1. The standard InChI is InChI=1S/C29H31F3N2O3/c1-20(27(28(35)33(2)3)22-9-7-6-8-10-22)34(24-15-16-25(36-4)26(19-24)37-5)18-17-21-11-13-23(14-12-21)29(30,31)32/h6-16,19,27H,1,17-18H2,2-5H3. The van der Waals surface area contributed by atoms with Gasteiger partial charge in [0, 0.05) is 38.1 Å². The lowest BCUT2D eigenvalue weighted by Gasteiger charge is -2.33. The number of nitrogens with zero attached hydrogens (tertiary/aromatic N) is 2. The Labute approximate surface area is 215 Å². The third-order valence-electron chi connectivity index (χ3n) is 6.08. The van der Waals surface area contributed by atoms with Crippen LogP contribution >= 0.6 is 0 Å². The third kappa shape index (κ3) is 6.64. The van der Waals surface area contributed by atoms with Crippen molar-refractivity contribution < 1.29 is 27.4 Å². The number of likely N-dealkylation sites (N-methyl/N-ethyl adjacent to an activating group) is 1. The fourth-order valence-electron chi connectivity index (χ4n) is 4.07. The van der Waals surface area contributed by atoms with E-state index in [0.717, 1.165) is 23.3 Å². The summed E-state index contributed by atoms with van der Waals surface area (Å²) in [5.41, 5.74) is 2.05. The second-order valence-electron chi connectivity index (χ2n) is 8.70. The summed E-state index contributed by atoms with van der Waals surface area (Å²) in [5, 5.41) is 0. The van der Waals surface area contributed by atoms with Crippen molar-refractivity contribution in [1.29, 1.82) is 0 Å². The molecule has 0 saturated heterocycles. The number of amides is 1. The van der Waals surface area contributed by atoms with Gasteiger partial charge in [-0.1, -0.05) is 49.0 Å². The highest BCUT2D eigenvalue weighted by molar-refractivity contribution is 5.87. The van der Waals surface area contributed by atoms with E-state index in [1.165, 1.54) is 24.1 Å². The maximum Gasteiger partial charge on any atom is 0.416 e. The Morgan fingerprint density at radius 3 is 2.08 bits per heavy atom. The first-order valence-electron chi connectivity index (χ1n) is 11.7. The van der Waals surface area contributed by atoms with Crippen LogP contribution in [0.1, 0.15) is 22.6 Å². The molecule has 0 aliphatic heterocycles. The van der Waals surface area contributed by atoms with Crippen molar-refractivity contribution in [3.63, 3.8) is 0 Å². The molecule has 0 saturated carbocycles. The Bertz CT molecular complexity index is 1210. The molecule has 1 amide bonds. The molecule has 0 aliphatic rings. The third-order valence-corrected chi connectivity index (χ3v) is 6.08. The normalized spacial score (nSPS) is 12.0. The van der Waals surface area contributed by atoms with Crippen LogP contribution in [0, 0.1) is 0 Å². The van der Waals surface area contributed by atoms with E-state index in [-0.39, 0.29) is 5.91 Å². The first kappa shape index (κ1) is 27.6. The second kappa shape index (κ2) is 11.9. The SMILES string of the molecule is C=C(C(C(=O)N(C)C)c1ccccc1)N(CCc1ccc(C(F)(F)F)cc1)c1ccc(OC)c(OC)c1. The number of carbonyl (C=O) groups is 1. The van der Waals surface area contributed by atoms with Crippen LogP contribution in [-0.2, 0) is 17.4 Å². The summed E-state index contributed by atoms with van der Waals surface area (Å²) in [7, 11) is 6.45. The smallest absolute Gasteiger partial charge is 0.416 e. The summed E-state index contributed by atoms with van der Waals surface area (Å²) >= 11 is 0. The second-order valence-corrected chi connectivity index (χ2v) is 8.70. The number of anilines is 1. The fraction of sp³-hybridized carbons (Fsp3) is 0.276. The maximum absolute atomic E-state index is 13.3. The Kier molecular flexibility index (Phi) is 8.86. The Morgan fingerprint density at radius 1 is 0.919 bits per heavy atom. The molecular weight excluding hydrogens is 481 g/mol. The summed E-state index contributed by atoms with van der Waals surface area (Å²) in [6.07, 6.45) is -3.98. The summed E-state index contributed by atoms with van der Waals surface area (Å²) in [4.78, 5) is 16.8. The van der Waals surface area contributed by atoms with E-state index in [1.807, 2.05) is 41.3 Å². The zero-order valence-corrected chi connectivity index (χ0v) is 21.4. The predicted molar refractivity (Wildman–Crippen MR) is 139 cm³/mol. The van der Waals surface area contributed by atoms with Gasteiger partial charge in [0.25, 0.3) is 0 Å². The van der Waals surface area contributed by atoms with Crippen molar-refractivity contribution in [2.45, 2.75) is 18.5 Å². The summed E-state index contributed by atoms with van der Waals surface area (Å²) < 4.78 is 49.9. The van der Waals surface area contributed by atoms with Gasteiger partial charge in [0.1, 0.15) is 5.92 Å². The number of methoxy groups -OCH3 is 2. The molecule has 5 nitrogen and oxygen atoms in total. The van der Waals surface area contributed by atoms with Gasteiger partial charge in [-0.25, -0.2) is 0 Å². The predicted octanol–water partition coefficient (Wildman–Crippen LogP) is 6.16. The van der Waals surface area contributed by atoms with E-state index in [1.54, 1.807) is 33.3 Å². The van der Waals surface area contributed by atoms with Crippen LogP contribution in [0.3, 0.4) is 0 Å².